The normalized spacial score (nSPS) is 11.7. The number of carbonyl (C=O) groups excluding carboxylic acids is 2. The summed E-state index contributed by atoms with van der Waals surface area (Å²) in [7, 11) is 0. The number of rotatable bonds is 7. The summed E-state index contributed by atoms with van der Waals surface area (Å²) in [6.07, 6.45) is -0.988. The zero-order valence-electron chi connectivity index (χ0n) is 17.8. The van der Waals surface area contributed by atoms with Crippen LogP contribution in [-0.2, 0) is 9.53 Å². The number of nitrogens with one attached hydrogen (secondary N) is 2. The van der Waals surface area contributed by atoms with E-state index in [0.29, 0.717) is 35.0 Å². The van der Waals surface area contributed by atoms with Crippen molar-refractivity contribution in [2.45, 2.75) is 20.0 Å². The first-order chi connectivity index (χ1) is 15.5. The average Bonchev–Trinajstić information content (AvgIpc) is 3.24. The first kappa shape index (κ1) is 21.1. The number of fused-ring (bicyclic) bond motifs is 1. The molecular weight excluding hydrogens is 406 g/mol. The number of imidazole rings is 1. The maximum Gasteiger partial charge on any atom is 0.339 e. The molecule has 0 aliphatic carbocycles. The highest BCUT2D eigenvalue weighted by molar-refractivity contribution is 6.00. The predicted octanol–water partition coefficient (Wildman–Crippen LogP) is 4.81. The minimum atomic E-state index is -0.988. The van der Waals surface area contributed by atoms with E-state index in [-0.39, 0.29) is 0 Å². The van der Waals surface area contributed by atoms with Crippen molar-refractivity contribution in [3.63, 3.8) is 0 Å². The molecule has 0 aliphatic heterocycles. The molecule has 0 aliphatic rings. The molecule has 1 atom stereocenters. The number of hydrogen-bond donors (Lipinski definition) is 2. The molecule has 1 amide bonds. The Kier molecular flexibility index (Phi) is 6.17. The highest BCUT2D eigenvalue weighted by Crippen LogP contribution is 2.25. The molecule has 4 aromatic rings. The SMILES string of the molecule is CCOc1ccc(NC(=O)C(C)OC(=O)c2ccccc2-c2nc3ccccc3[nH]2)cc1. The molecule has 0 fully saturated rings. The summed E-state index contributed by atoms with van der Waals surface area (Å²) in [6.45, 7) is 4.00. The molecule has 1 unspecified atom stereocenters. The minimum Gasteiger partial charge on any atom is -0.494 e. The Morgan fingerprint density at radius 1 is 1.00 bits per heavy atom. The molecule has 0 bridgehead atoms. The Morgan fingerprint density at radius 3 is 2.47 bits per heavy atom. The van der Waals surface area contributed by atoms with Gasteiger partial charge in [0.2, 0.25) is 0 Å². The van der Waals surface area contributed by atoms with E-state index in [9.17, 15) is 9.59 Å². The van der Waals surface area contributed by atoms with Crippen LogP contribution in [0, 0.1) is 0 Å². The van der Waals surface area contributed by atoms with Crippen molar-refractivity contribution >= 4 is 28.6 Å². The molecule has 0 saturated heterocycles. The van der Waals surface area contributed by atoms with Gasteiger partial charge in [0.1, 0.15) is 11.6 Å². The van der Waals surface area contributed by atoms with E-state index in [1.165, 1.54) is 6.92 Å². The topological polar surface area (TPSA) is 93.3 Å². The van der Waals surface area contributed by atoms with Gasteiger partial charge in [-0.15, -0.1) is 0 Å². The Hall–Kier alpha value is -4.13. The molecule has 7 nitrogen and oxygen atoms in total. The lowest BCUT2D eigenvalue weighted by Gasteiger charge is -2.15. The van der Waals surface area contributed by atoms with Crippen LogP contribution in [0.25, 0.3) is 22.4 Å². The number of H-pyrrole nitrogens is 1. The molecule has 1 aromatic heterocycles. The predicted molar refractivity (Wildman–Crippen MR) is 123 cm³/mol. The van der Waals surface area contributed by atoms with Crippen LogP contribution in [0.1, 0.15) is 24.2 Å². The lowest BCUT2D eigenvalue weighted by Crippen LogP contribution is -2.30. The smallest absolute Gasteiger partial charge is 0.339 e. The van der Waals surface area contributed by atoms with E-state index < -0.39 is 18.0 Å². The van der Waals surface area contributed by atoms with Gasteiger partial charge in [-0.25, -0.2) is 9.78 Å². The molecule has 0 spiro atoms. The average molecular weight is 429 g/mol. The zero-order valence-corrected chi connectivity index (χ0v) is 17.8. The molecule has 162 valence electrons. The van der Waals surface area contributed by atoms with Crippen molar-refractivity contribution in [1.82, 2.24) is 9.97 Å². The van der Waals surface area contributed by atoms with Crippen LogP contribution in [0.15, 0.2) is 72.8 Å². The number of anilines is 1. The summed E-state index contributed by atoms with van der Waals surface area (Å²) in [6, 6.07) is 21.6. The molecule has 0 saturated carbocycles. The highest BCUT2D eigenvalue weighted by Gasteiger charge is 2.22. The van der Waals surface area contributed by atoms with Gasteiger partial charge in [0.25, 0.3) is 5.91 Å². The molecule has 2 N–H and O–H groups in total. The van der Waals surface area contributed by atoms with Crippen LogP contribution < -0.4 is 10.1 Å². The first-order valence-electron chi connectivity index (χ1n) is 10.3. The van der Waals surface area contributed by atoms with Gasteiger partial charge in [-0.1, -0.05) is 30.3 Å². The van der Waals surface area contributed by atoms with Gasteiger partial charge >= 0.3 is 5.97 Å². The Morgan fingerprint density at radius 2 is 1.72 bits per heavy atom. The van der Waals surface area contributed by atoms with Crippen molar-refractivity contribution in [2.75, 3.05) is 11.9 Å². The monoisotopic (exact) mass is 429 g/mol. The van der Waals surface area contributed by atoms with Crippen molar-refractivity contribution in [3.05, 3.63) is 78.4 Å². The fourth-order valence-electron chi connectivity index (χ4n) is 3.27. The maximum atomic E-state index is 12.9. The summed E-state index contributed by atoms with van der Waals surface area (Å²) in [5.41, 5.74) is 3.19. The number of nitrogens with zero attached hydrogens (tertiary/aromatic N) is 1. The number of benzene rings is 3. The zero-order chi connectivity index (χ0) is 22.5. The van der Waals surface area contributed by atoms with Gasteiger partial charge in [-0.2, -0.15) is 0 Å². The van der Waals surface area contributed by atoms with Crippen LogP contribution in [-0.4, -0.2) is 34.6 Å². The number of aromatic nitrogens is 2. The second kappa shape index (κ2) is 9.34. The van der Waals surface area contributed by atoms with Crippen molar-refractivity contribution in [1.29, 1.82) is 0 Å². The van der Waals surface area contributed by atoms with Crippen LogP contribution in [0.2, 0.25) is 0 Å². The fraction of sp³-hybridized carbons (Fsp3) is 0.160. The molecular formula is C25H23N3O4. The summed E-state index contributed by atoms with van der Waals surface area (Å²) in [5.74, 6) is 0.247. The molecule has 0 radical (unpaired) electrons. The van der Waals surface area contributed by atoms with Gasteiger partial charge in [0, 0.05) is 11.3 Å². The third-order valence-electron chi connectivity index (χ3n) is 4.88. The quantitative estimate of drug-likeness (QED) is 0.411. The van der Waals surface area contributed by atoms with E-state index in [1.54, 1.807) is 42.5 Å². The van der Waals surface area contributed by atoms with E-state index in [2.05, 4.69) is 15.3 Å². The summed E-state index contributed by atoms with van der Waals surface area (Å²) >= 11 is 0. The van der Waals surface area contributed by atoms with Gasteiger partial charge in [-0.05, 0) is 56.3 Å². The lowest BCUT2D eigenvalue weighted by atomic mass is 10.1. The van der Waals surface area contributed by atoms with E-state index in [4.69, 9.17) is 9.47 Å². The number of hydrogen-bond acceptors (Lipinski definition) is 5. The second-order valence-corrected chi connectivity index (χ2v) is 7.14. The number of para-hydroxylation sites is 2. The fourth-order valence-corrected chi connectivity index (χ4v) is 3.27. The largest absolute Gasteiger partial charge is 0.494 e. The van der Waals surface area contributed by atoms with Crippen LogP contribution >= 0.6 is 0 Å². The standard InChI is InChI=1S/C25H23N3O4/c1-3-31-18-14-12-17(13-15-18)26-24(29)16(2)32-25(30)20-9-5-4-8-19(20)23-27-21-10-6-7-11-22(21)28-23/h4-16H,3H2,1-2H3,(H,26,29)(H,27,28). The van der Waals surface area contributed by atoms with Gasteiger partial charge in [0.05, 0.1) is 23.2 Å². The summed E-state index contributed by atoms with van der Waals surface area (Å²) < 4.78 is 10.8. The Labute approximate surface area is 185 Å². The third kappa shape index (κ3) is 4.62. The number of aromatic amines is 1. The van der Waals surface area contributed by atoms with Crippen molar-refractivity contribution < 1.29 is 19.1 Å². The van der Waals surface area contributed by atoms with Crippen LogP contribution in [0.4, 0.5) is 5.69 Å². The van der Waals surface area contributed by atoms with Crippen LogP contribution in [0.3, 0.4) is 0 Å². The van der Waals surface area contributed by atoms with E-state index >= 15 is 0 Å². The lowest BCUT2D eigenvalue weighted by molar-refractivity contribution is -0.123. The Bertz CT molecular complexity index is 1210. The molecule has 3 aromatic carbocycles. The van der Waals surface area contributed by atoms with Gasteiger partial charge < -0.3 is 19.8 Å². The summed E-state index contributed by atoms with van der Waals surface area (Å²) in [4.78, 5) is 33.2. The Balaban J connectivity index is 1.47. The highest BCUT2D eigenvalue weighted by atomic mass is 16.5. The third-order valence-corrected chi connectivity index (χ3v) is 4.88. The molecule has 4 rings (SSSR count). The van der Waals surface area contributed by atoms with Gasteiger partial charge in [-0.3, -0.25) is 4.79 Å². The molecule has 32 heavy (non-hydrogen) atoms. The molecule has 7 heteroatoms. The summed E-state index contributed by atoms with van der Waals surface area (Å²) in [5, 5.41) is 2.74. The van der Waals surface area contributed by atoms with Crippen LogP contribution in [0.5, 0.6) is 5.75 Å². The molecule has 1 heterocycles. The number of esters is 1. The number of carbonyl (C=O) groups is 2. The van der Waals surface area contributed by atoms with E-state index in [0.717, 1.165) is 11.0 Å². The number of amides is 1. The van der Waals surface area contributed by atoms with Crippen molar-refractivity contribution in [2.24, 2.45) is 0 Å². The van der Waals surface area contributed by atoms with Crippen molar-refractivity contribution in [3.8, 4) is 17.1 Å². The number of ether oxygens (including phenoxy) is 2. The second-order valence-electron chi connectivity index (χ2n) is 7.14. The van der Waals surface area contributed by atoms with E-state index in [1.807, 2.05) is 37.3 Å². The first-order valence-corrected chi connectivity index (χ1v) is 10.3. The maximum absolute atomic E-state index is 12.9. The minimum absolute atomic E-state index is 0.326. The van der Waals surface area contributed by atoms with Gasteiger partial charge in [0.15, 0.2) is 6.10 Å².